The van der Waals surface area contributed by atoms with Crippen LogP contribution in [0.1, 0.15) is 62.3 Å². The van der Waals surface area contributed by atoms with Crippen molar-refractivity contribution in [2.24, 2.45) is 7.05 Å². The molecule has 2 aromatic carbocycles. The van der Waals surface area contributed by atoms with Crippen molar-refractivity contribution in [1.82, 2.24) is 44.5 Å². The number of alkyl halides is 9. The number of pyridine rings is 3. The molecule has 0 unspecified atom stereocenters. The molecule has 25 heteroatoms. The summed E-state index contributed by atoms with van der Waals surface area (Å²) in [4.78, 5) is 46.0. The molecule has 6 aromatic heterocycles. The number of hydrogen-bond donors (Lipinski definition) is 1. The molecule has 1 aliphatic rings. The summed E-state index contributed by atoms with van der Waals surface area (Å²) in [6.07, 6.45) is -6.72. The van der Waals surface area contributed by atoms with Crippen molar-refractivity contribution < 1.29 is 58.2 Å². The van der Waals surface area contributed by atoms with E-state index in [0.717, 1.165) is 32.8 Å². The molecule has 2 amide bonds. The molecular formula is C51H40F10N12O3. The van der Waals surface area contributed by atoms with Crippen LogP contribution < -0.4 is 20.3 Å². The largest absolute Gasteiger partial charge is 0.479 e. The summed E-state index contributed by atoms with van der Waals surface area (Å²) in [5.74, 6) is 3.80. The molecule has 7 heterocycles. The SMILES string of the molecule is CCc1cc2c(N3CCc4c(cc(Cn5ccnc5)cc4-c4cn(C)nc4C(F)(F)F)C3=O)ccnc2c(OC)n1.Nc1ccc(C#CCN(C(=O)Cc2ncc(C(F)(F)F)cc2C(F)(F)F)c2ccc(F)cc2)nn1. The Balaban J connectivity index is 0.000000204. The highest BCUT2D eigenvalue weighted by molar-refractivity contribution is 6.13. The highest BCUT2D eigenvalue weighted by atomic mass is 19.4. The number of carbonyl (C=O) groups excluding carboxylic acids is 2. The van der Waals surface area contributed by atoms with E-state index in [2.05, 4.69) is 47.1 Å². The lowest BCUT2D eigenvalue weighted by Gasteiger charge is -2.31. The molecule has 1 aliphatic heterocycles. The van der Waals surface area contributed by atoms with Crippen LogP contribution in [0.2, 0.25) is 0 Å². The predicted molar refractivity (Wildman–Crippen MR) is 256 cm³/mol. The van der Waals surface area contributed by atoms with E-state index in [-0.39, 0.29) is 54.0 Å². The fraction of sp³-hybridized carbons (Fsp3) is 0.235. The van der Waals surface area contributed by atoms with Crippen molar-refractivity contribution in [2.75, 3.05) is 35.7 Å². The summed E-state index contributed by atoms with van der Waals surface area (Å²) >= 11 is 0. The Labute approximate surface area is 425 Å². The van der Waals surface area contributed by atoms with Crippen LogP contribution >= 0.6 is 0 Å². The quantitative estimate of drug-likeness (QED) is 0.102. The molecule has 0 radical (unpaired) electrons. The zero-order chi connectivity index (χ0) is 54.7. The number of benzene rings is 2. The molecule has 0 atom stereocenters. The smallest absolute Gasteiger partial charge is 0.435 e. The van der Waals surface area contributed by atoms with Gasteiger partial charge in [-0.3, -0.25) is 24.2 Å². The number of fused-ring (bicyclic) bond motifs is 2. The summed E-state index contributed by atoms with van der Waals surface area (Å²) in [5.41, 5.74) is 4.36. The van der Waals surface area contributed by atoms with E-state index < -0.39 is 59.2 Å². The van der Waals surface area contributed by atoms with Crippen LogP contribution in [0.5, 0.6) is 5.88 Å². The van der Waals surface area contributed by atoms with Gasteiger partial charge in [-0.2, -0.15) is 44.6 Å². The number of amides is 2. The highest BCUT2D eigenvalue weighted by Crippen LogP contribution is 2.42. The number of nitrogens with two attached hydrogens (primary N) is 1. The van der Waals surface area contributed by atoms with Crippen LogP contribution in [0.4, 0.5) is 61.1 Å². The summed E-state index contributed by atoms with van der Waals surface area (Å²) in [6, 6.07) is 14.4. The van der Waals surface area contributed by atoms with Gasteiger partial charge in [0, 0.05) is 79.0 Å². The normalized spacial score (nSPS) is 12.6. The van der Waals surface area contributed by atoms with Crippen molar-refractivity contribution in [3.05, 3.63) is 160 Å². The molecule has 0 bridgehead atoms. The van der Waals surface area contributed by atoms with Gasteiger partial charge in [0.1, 0.15) is 22.8 Å². The maximum atomic E-state index is 14.2. The second kappa shape index (κ2) is 21.5. The van der Waals surface area contributed by atoms with Crippen molar-refractivity contribution >= 4 is 39.9 Å². The molecule has 0 aliphatic carbocycles. The monoisotopic (exact) mass is 1060 g/mol. The minimum atomic E-state index is -5.20. The lowest BCUT2D eigenvalue weighted by Crippen LogP contribution is -2.38. The molecule has 0 fully saturated rings. The third-order valence-electron chi connectivity index (χ3n) is 11.8. The third kappa shape index (κ3) is 11.9. The number of aromatic nitrogens is 9. The second-order valence-corrected chi connectivity index (χ2v) is 16.9. The van der Waals surface area contributed by atoms with Gasteiger partial charge in [0.05, 0.1) is 48.9 Å². The number of rotatable bonds is 10. The summed E-state index contributed by atoms with van der Waals surface area (Å²) in [6.45, 7) is 2.21. The van der Waals surface area contributed by atoms with E-state index in [9.17, 15) is 53.5 Å². The van der Waals surface area contributed by atoms with Gasteiger partial charge >= 0.3 is 18.5 Å². The van der Waals surface area contributed by atoms with Crippen LogP contribution in [-0.2, 0) is 56.2 Å². The molecule has 0 saturated heterocycles. The van der Waals surface area contributed by atoms with E-state index >= 15 is 0 Å². The van der Waals surface area contributed by atoms with Crippen LogP contribution in [-0.4, -0.2) is 76.5 Å². The average Bonchev–Trinajstić information content (AvgIpc) is 4.08. The van der Waals surface area contributed by atoms with Gasteiger partial charge in [0.25, 0.3) is 5.91 Å². The van der Waals surface area contributed by atoms with Gasteiger partial charge in [-0.15, -0.1) is 10.2 Å². The lowest BCUT2D eigenvalue weighted by atomic mass is 9.88. The van der Waals surface area contributed by atoms with Crippen molar-refractivity contribution in [3.63, 3.8) is 0 Å². The van der Waals surface area contributed by atoms with E-state index in [1.54, 1.807) is 52.6 Å². The predicted octanol–water partition coefficient (Wildman–Crippen LogP) is 9.33. The molecule has 2 N–H and O–H groups in total. The van der Waals surface area contributed by atoms with E-state index in [4.69, 9.17) is 10.5 Å². The highest BCUT2D eigenvalue weighted by Gasteiger charge is 2.41. The minimum absolute atomic E-state index is 0.0530. The van der Waals surface area contributed by atoms with Crippen molar-refractivity contribution in [2.45, 2.75) is 51.3 Å². The van der Waals surface area contributed by atoms with Crippen LogP contribution in [0.25, 0.3) is 22.0 Å². The third-order valence-corrected chi connectivity index (χ3v) is 11.8. The Morgan fingerprint density at radius 2 is 1.63 bits per heavy atom. The first-order valence-electron chi connectivity index (χ1n) is 22.7. The molecule has 76 heavy (non-hydrogen) atoms. The summed E-state index contributed by atoms with van der Waals surface area (Å²) in [7, 11) is 2.98. The zero-order valence-electron chi connectivity index (χ0n) is 40.1. The summed E-state index contributed by atoms with van der Waals surface area (Å²) in [5, 5.41) is 11.7. The molecule has 8 aromatic rings. The Morgan fingerprint density at radius 1 is 0.882 bits per heavy atom. The summed E-state index contributed by atoms with van der Waals surface area (Å²) < 4.78 is 143. The number of nitrogen functional groups attached to an aromatic ring is 1. The maximum Gasteiger partial charge on any atom is 0.435 e. The number of methoxy groups -OCH3 is 1. The number of anilines is 3. The van der Waals surface area contributed by atoms with Crippen LogP contribution in [0, 0.1) is 17.7 Å². The molecule has 9 rings (SSSR count). The van der Waals surface area contributed by atoms with Gasteiger partial charge < -0.3 is 24.8 Å². The Bertz CT molecular complexity index is 3500. The van der Waals surface area contributed by atoms with Gasteiger partial charge in [0.2, 0.25) is 11.8 Å². The topological polar surface area (TPSA) is 176 Å². The fourth-order valence-corrected chi connectivity index (χ4v) is 8.26. The number of carbonyl (C=O) groups is 2. The van der Waals surface area contributed by atoms with E-state index in [1.807, 2.05) is 13.0 Å². The molecular weight excluding hydrogens is 1020 g/mol. The first-order valence-corrected chi connectivity index (χ1v) is 22.7. The maximum absolute atomic E-state index is 14.2. The first-order chi connectivity index (χ1) is 36.0. The molecule has 0 spiro atoms. The number of nitrogens with zero attached hydrogens (tertiary/aromatic N) is 11. The van der Waals surface area contributed by atoms with E-state index in [0.29, 0.717) is 58.7 Å². The Morgan fingerprint density at radius 3 is 2.28 bits per heavy atom. The minimum Gasteiger partial charge on any atom is -0.479 e. The zero-order valence-corrected chi connectivity index (χ0v) is 40.1. The van der Waals surface area contributed by atoms with Crippen LogP contribution in [0.15, 0.2) is 104 Å². The standard InChI is InChI=1S/C29H26F3N7O2.C22H14F7N5O/c1-4-18-13-22-24(5-7-34-25(22)27(35-18)41-3)39-9-6-19-20(23-15-37(2)36-26(23)29(30,31)32)11-17(12-21(19)28(39)40)14-38-10-8-33-16-38;23-14-3-6-16(7-4-14)34(9-1-2-15-5-8-19(30)33-32-15)20(35)11-18-17(22(27,28)29)10-13(12-31-18)21(24,25)26/h5,7-8,10-13,15-16H,4,6,9,14H2,1-3H3;3-8,10,12H,9,11H2,(H2,30,33). The first kappa shape index (κ1) is 53.3. The Kier molecular flexibility index (Phi) is 15.1. The molecule has 0 saturated carbocycles. The van der Waals surface area contributed by atoms with Gasteiger partial charge in [0.15, 0.2) is 5.69 Å². The molecule has 392 valence electrons. The number of aryl methyl sites for hydroxylation is 2. The second-order valence-electron chi connectivity index (χ2n) is 16.9. The number of imidazole rings is 1. The Hall–Kier alpha value is -8.95. The average molecular weight is 1060 g/mol. The lowest BCUT2D eigenvalue weighted by molar-refractivity contribution is -0.144. The van der Waals surface area contributed by atoms with Gasteiger partial charge in [-0.05, 0) is 102 Å². The van der Waals surface area contributed by atoms with Crippen molar-refractivity contribution in [3.8, 4) is 28.8 Å². The van der Waals surface area contributed by atoms with Gasteiger partial charge in [-0.25, -0.2) is 14.4 Å². The van der Waals surface area contributed by atoms with Crippen molar-refractivity contribution in [1.29, 1.82) is 0 Å². The van der Waals surface area contributed by atoms with Crippen LogP contribution in [0.3, 0.4) is 0 Å². The molecule has 15 nitrogen and oxygen atoms in total. The number of halogens is 10. The van der Waals surface area contributed by atoms with E-state index in [1.165, 1.54) is 44.6 Å². The number of ether oxygens (including phenoxy) is 1. The van der Waals surface area contributed by atoms with Gasteiger partial charge in [-0.1, -0.05) is 12.8 Å². The fourth-order valence-electron chi connectivity index (χ4n) is 8.26. The number of hydrogen-bond acceptors (Lipinski definition) is 11.